The van der Waals surface area contributed by atoms with Crippen molar-refractivity contribution in [1.82, 2.24) is 9.55 Å². The number of imidazole rings is 1. The average molecular weight is 491 g/mol. The SMILES string of the molecule is Clc1ccc(CSC(COc2ccc(Cl)cc2Cl)Cn2ccnc2)cc1.O=[N+]([O-])O. The minimum atomic E-state index is -1.50. The Hall–Kier alpha value is -2.13. The van der Waals surface area contributed by atoms with E-state index >= 15 is 0 Å². The number of rotatable bonds is 8. The molecule has 1 atom stereocenters. The van der Waals surface area contributed by atoms with Gasteiger partial charge in [-0.05, 0) is 35.9 Å². The van der Waals surface area contributed by atoms with E-state index in [0.717, 1.165) is 17.3 Å². The number of aromatic nitrogens is 2. The third-order valence-electron chi connectivity index (χ3n) is 3.69. The number of halogens is 3. The fourth-order valence-corrected chi connectivity index (χ4v) is 4.00. The van der Waals surface area contributed by atoms with Gasteiger partial charge in [0.2, 0.25) is 0 Å². The van der Waals surface area contributed by atoms with E-state index in [1.807, 2.05) is 53.1 Å². The van der Waals surface area contributed by atoms with Crippen LogP contribution in [0.5, 0.6) is 5.75 Å². The van der Waals surface area contributed by atoms with Crippen molar-refractivity contribution >= 4 is 46.6 Å². The largest absolute Gasteiger partial charge is 0.491 e. The molecule has 2 aromatic carbocycles. The topological polar surface area (TPSA) is 90.4 Å². The number of nitrogens with zero attached hydrogens (tertiary/aromatic N) is 3. The normalized spacial score (nSPS) is 11.3. The summed E-state index contributed by atoms with van der Waals surface area (Å²) in [6.45, 7) is 1.32. The number of benzene rings is 2. The molecular formula is C19H18Cl3N3O4S. The molecule has 7 nitrogen and oxygen atoms in total. The zero-order chi connectivity index (χ0) is 21.9. The van der Waals surface area contributed by atoms with E-state index in [-0.39, 0.29) is 5.25 Å². The van der Waals surface area contributed by atoms with Crippen LogP contribution in [-0.2, 0) is 12.3 Å². The third-order valence-corrected chi connectivity index (χ3v) is 5.73. The van der Waals surface area contributed by atoms with Gasteiger partial charge in [-0.2, -0.15) is 0 Å². The van der Waals surface area contributed by atoms with Crippen LogP contribution in [0.4, 0.5) is 0 Å². The highest BCUT2D eigenvalue weighted by Crippen LogP contribution is 2.29. The Labute approximate surface area is 192 Å². The van der Waals surface area contributed by atoms with E-state index in [1.54, 1.807) is 24.4 Å². The van der Waals surface area contributed by atoms with E-state index in [4.69, 9.17) is 54.9 Å². The highest BCUT2D eigenvalue weighted by atomic mass is 35.5. The molecule has 0 fully saturated rings. The molecule has 1 unspecified atom stereocenters. The van der Waals surface area contributed by atoms with Gasteiger partial charge >= 0.3 is 0 Å². The first-order chi connectivity index (χ1) is 14.3. The minimum absolute atomic E-state index is 0.228. The zero-order valence-electron chi connectivity index (χ0n) is 15.5. The minimum Gasteiger partial charge on any atom is -0.491 e. The van der Waals surface area contributed by atoms with Crippen molar-refractivity contribution in [3.63, 3.8) is 0 Å². The summed E-state index contributed by atoms with van der Waals surface area (Å²) >= 11 is 19.9. The van der Waals surface area contributed by atoms with Gasteiger partial charge in [0.1, 0.15) is 12.4 Å². The van der Waals surface area contributed by atoms with Gasteiger partial charge in [-0.3, -0.25) is 0 Å². The van der Waals surface area contributed by atoms with Crippen LogP contribution in [0.25, 0.3) is 0 Å². The number of ether oxygens (including phenoxy) is 1. The van der Waals surface area contributed by atoms with E-state index in [0.29, 0.717) is 22.4 Å². The van der Waals surface area contributed by atoms with Gasteiger partial charge in [0, 0.05) is 34.7 Å². The summed E-state index contributed by atoms with van der Waals surface area (Å²) in [4.78, 5) is 12.5. The molecule has 0 aliphatic rings. The molecule has 0 spiro atoms. The first-order valence-corrected chi connectivity index (χ1v) is 10.7. The Morgan fingerprint density at radius 2 is 1.83 bits per heavy atom. The average Bonchev–Trinajstić information content (AvgIpc) is 3.19. The molecule has 0 aliphatic carbocycles. The fraction of sp³-hybridized carbons (Fsp3) is 0.211. The molecule has 1 aromatic heterocycles. The van der Waals surface area contributed by atoms with E-state index in [2.05, 4.69) is 4.98 Å². The Morgan fingerprint density at radius 1 is 1.17 bits per heavy atom. The highest BCUT2D eigenvalue weighted by Gasteiger charge is 2.13. The summed E-state index contributed by atoms with van der Waals surface area (Å²) in [6, 6.07) is 13.2. The molecule has 0 radical (unpaired) electrons. The van der Waals surface area contributed by atoms with Crippen LogP contribution in [0.3, 0.4) is 0 Å². The Kier molecular flexibility index (Phi) is 10.1. The number of thioether (sulfide) groups is 1. The molecule has 0 aliphatic heterocycles. The predicted octanol–water partition coefficient (Wildman–Crippen LogP) is 5.88. The standard InChI is InChI=1S/C19H17Cl3N2OS.HNO3/c20-15-3-1-14(2-4-15)12-26-17(10-24-8-7-23-13-24)11-25-19-6-5-16(21)9-18(19)22;2-1(3)4/h1-9,13,17H,10-12H2;(H,2,3,4). The van der Waals surface area contributed by atoms with Crippen molar-refractivity contribution in [2.45, 2.75) is 17.5 Å². The van der Waals surface area contributed by atoms with Crippen molar-refractivity contribution < 1.29 is 15.0 Å². The third kappa shape index (κ3) is 9.13. The second-order valence-corrected chi connectivity index (χ2v) is 8.51. The van der Waals surface area contributed by atoms with Crippen molar-refractivity contribution in [3.8, 4) is 5.75 Å². The Bertz CT molecular complexity index is 923. The summed E-state index contributed by atoms with van der Waals surface area (Å²) in [5.74, 6) is 1.51. The molecular weight excluding hydrogens is 473 g/mol. The summed E-state index contributed by atoms with van der Waals surface area (Å²) in [7, 11) is 0. The van der Waals surface area contributed by atoms with Crippen molar-refractivity contribution in [3.05, 3.63) is 91.9 Å². The second-order valence-electron chi connectivity index (χ2n) is 5.94. The van der Waals surface area contributed by atoms with E-state index in [1.165, 1.54) is 5.56 Å². The van der Waals surface area contributed by atoms with Gasteiger partial charge < -0.3 is 14.5 Å². The van der Waals surface area contributed by atoms with Crippen LogP contribution in [-0.4, -0.2) is 31.7 Å². The molecule has 3 aromatic rings. The lowest BCUT2D eigenvalue weighted by molar-refractivity contribution is -0.742. The van der Waals surface area contributed by atoms with Crippen LogP contribution in [0.2, 0.25) is 15.1 Å². The van der Waals surface area contributed by atoms with Crippen LogP contribution in [0.1, 0.15) is 5.56 Å². The van der Waals surface area contributed by atoms with Gasteiger partial charge in [-0.15, -0.1) is 21.9 Å². The van der Waals surface area contributed by atoms with Gasteiger partial charge in [-0.1, -0.05) is 46.9 Å². The highest BCUT2D eigenvalue weighted by molar-refractivity contribution is 7.99. The smallest absolute Gasteiger partial charge is 0.291 e. The molecule has 1 heterocycles. The summed E-state index contributed by atoms with van der Waals surface area (Å²) in [5, 5.41) is 15.7. The van der Waals surface area contributed by atoms with Crippen molar-refractivity contribution in [2.75, 3.05) is 6.61 Å². The lowest BCUT2D eigenvalue weighted by Gasteiger charge is -2.18. The fourth-order valence-electron chi connectivity index (χ4n) is 2.35. The lowest BCUT2D eigenvalue weighted by Crippen LogP contribution is -2.21. The van der Waals surface area contributed by atoms with Crippen molar-refractivity contribution in [1.29, 1.82) is 0 Å². The summed E-state index contributed by atoms with van der Waals surface area (Å²) in [6.07, 6.45) is 5.54. The van der Waals surface area contributed by atoms with Crippen molar-refractivity contribution in [2.24, 2.45) is 0 Å². The molecule has 11 heteroatoms. The monoisotopic (exact) mass is 489 g/mol. The number of hydrogen-bond acceptors (Lipinski definition) is 5. The quantitative estimate of drug-likeness (QED) is 0.313. The first kappa shape index (κ1) is 24.1. The molecule has 0 saturated heterocycles. The zero-order valence-corrected chi connectivity index (χ0v) is 18.6. The maximum absolute atomic E-state index is 8.36. The molecule has 0 saturated carbocycles. The van der Waals surface area contributed by atoms with Crippen LogP contribution < -0.4 is 4.74 Å². The lowest BCUT2D eigenvalue weighted by atomic mass is 10.2. The number of hydrogen-bond donors (Lipinski definition) is 1. The predicted molar refractivity (Wildman–Crippen MR) is 119 cm³/mol. The second kappa shape index (κ2) is 12.5. The van der Waals surface area contributed by atoms with Gasteiger partial charge in [0.25, 0.3) is 5.09 Å². The van der Waals surface area contributed by atoms with Gasteiger partial charge in [0.15, 0.2) is 0 Å². The summed E-state index contributed by atoms with van der Waals surface area (Å²) < 4.78 is 7.99. The Balaban J connectivity index is 0.000000735. The van der Waals surface area contributed by atoms with Crippen LogP contribution in [0.15, 0.2) is 61.2 Å². The molecule has 3 rings (SSSR count). The Morgan fingerprint density at radius 3 is 2.43 bits per heavy atom. The molecule has 160 valence electrons. The van der Waals surface area contributed by atoms with E-state index in [9.17, 15) is 0 Å². The van der Waals surface area contributed by atoms with E-state index < -0.39 is 5.09 Å². The molecule has 30 heavy (non-hydrogen) atoms. The van der Waals surface area contributed by atoms with Gasteiger partial charge in [0.05, 0.1) is 16.6 Å². The summed E-state index contributed by atoms with van der Waals surface area (Å²) in [5.41, 5.74) is 1.22. The molecule has 0 amide bonds. The molecule has 0 bridgehead atoms. The van der Waals surface area contributed by atoms with Gasteiger partial charge in [-0.25, -0.2) is 4.98 Å². The maximum Gasteiger partial charge on any atom is 0.291 e. The molecule has 1 N–H and O–H groups in total. The van der Waals surface area contributed by atoms with Crippen LogP contribution in [0, 0.1) is 10.1 Å². The first-order valence-electron chi connectivity index (χ1n) is 8.56. The maximum atomic E-state index is 8.36. The van der Waals surface area contributed by atoms with Crippen LogP contribution >= 0.6 is 46.6 Å².